The van der Waals surface area contributed by atoms with Gasteiger partial charge in [0.2, 0.25) is 11.8 Å². The first-order valence-electron chi connectivity index (χ1n) is 8.49. The van der Waals surface area contributed by atoms with Crippen LogP contribution < -0.4 is 5.32 Å². The SMILES string of the molecule is Cc1ccc(C2CC(C(=O)NC(C)CC(=O)O)N(C)C2=O)c(C)c1C. The largest absolute Gasteiger partial charge is 0.481 e. The first kappa shape index (κ1) is 19.0. The zero-order valence-corrected chi connectivity index (χ0v) is 15.4. The molecule has 0 spiro atoms. The van der Waals surface area contributed by atoms with E-state index in [2.05, 4.69) is 5.32 Å². The Morgan fingerprint density at radius 2 is 1.92 bits per heavy atom. The van der Waals surface area contributed by atoms with Crippen LogP contribution in [-0.2, 0) is 14.4 Å². The van der Waals surface area contributed by atoms with Crippen LogP contribution >= 0.6 is 0 Å². The van der Waals surface area contributed by atoms with Gasteiger partial charge in [-0.2, -0.15) is 0 Å². The molecule has 2 N–H and O–H groups in total. The van der Waals surface area contributed by atoms with E-state index < -0.39 is 18.1 Å². The molecule has 1 aromatic rings. The van der Waals surface area contributed by atoms with Crippen molar-refractivity contribution in [2.75, 3.05) is 7.05 Å². The van der Waals surface area contributed by atoms with E-state index in [9.17, 15) is 14.4 Å². The number of likely N-dealkylation sites (tertiary alicyclic amines) is 1. The maximum atomic E-state index is 12.7. The van der Waals surface area contributed by atoms with Crippen LogP contribution in [0.1, 0.15) is 47.9 Å². The first-order valence-corrected chi connectivity index (χ1v) is 8.49. The highest BCUT2D eigenvalue weighted by Gasteiger charge is 2.42. The highest BCUT2D eigenvalue weighted by molar-refractivity contribution is 5.95. The van der Waals surface area contributed by atoms with Crippen molar-refractivity contribution in [1.29, 1.82) is 0 Å². The van der Waals surface area contributed by atoms with Crippen molar-refractivity contribution < 1.29 is 19.5 Å². The highest BCUT2D eigenvalue weighted by atomic mass is 16.4. The lowest BCUT2D eigenvalue weighted by Gasteiger charge is -2.21. The predicted octanol–water partition coefficient (Wildman–Crippen LogP) is 1.91. The number of nitrogens with one attached hydrogen (secondary N) is 1. The molecule has 0 bridgehead atoms. The summed E-state index contributed by atoms with van der Waals surface area (Å²) in [6, 6.07) is 2.93. The standard InChI is InChI=1S/C19H26N2O4/c1-10-6-7-14(13(4)12(10)3)15-9-16(21(5)19(15)25)18(24)20-11(2)8-17(22)23/h6-7,11,15-16H,8-9H2,1-5H3,(H,20,24)(H,22,23). The summed E-state index contributed by atoms with van der Waals surface area (Å²) in [5.74, 6) is -1.67. The van der Waals surface area contributed by atoms with E-state index in [0.29, 0.717) is 6.42 Å². The van der Waals surface area contributed by atoms with Gasteiger partial charge in [-0.15, -0.1) is 0 Å². The maximum absolute atomic E-state index is 12.7. The topological polar surface area (TPSA) is 86.7 Å². The van der Waals surface area contributed by atoms with Gasteiger partial charge in [0.05, 0.1) is 12.3 Å². The molecule has 1 fully saturated rings. The number of amides is 2. The molecule has 1 heterocycles. The second-order valence-electron chi connectivity index (χ2n) is 6.98. The highest BCUT2D eigenvalue weighted by Crippen LogP contribution is 2.35. The van der Waals surface area contributed by atoms with Gasteiger partial charge in [0, 0.05) is 13.1 Å². The van der Waals surface area contributed by atoms with Crippen LogP contribution in [0.5, 0.6) is 0 Å². The van der Waals surface area contributed by atoms with Crippen LogP contribution in [0.4, 0.5) is 0 Å². The van der Waals surface area contributed by atoms with Crippen LogP contribution in [0.15, 0.2) is 12.1 Å². The number of carbonyl (C=O) groups excluding carboxylic acids is 2. The maximum Gasteiger partial charge on any atom is 0.305 e. The molecule has 1 aromatic carbocycles. The Morgan fingerprint density at radius 3 is 2.52 bits per heavy atom. The number of benzene rings is 1. The number of aryl methyl sites for hydroxylation is 1. The lowest BCUT2D eigenvalue weighted by atomic mass is 9.88. The molecule has 136 valence electrons. The van der Waals surface area contributed by atoms with E-state index in [-0.39, 0.29) is 24.2 Å². The molecule has 2 rings (SSSR count). The van der Waals surface area contributed by atoms with Crippen LogP contribution in [0, 0.1) is 20.8 Å². The molecule has 3 atom stereocenters. The second kappa shape index (κ2) is 7.25. The lowest BCUT2D eigenvalue weighted by Crippen LogP contribution is -2.46. The van der Waals surface area contributed by atoms with Gasteiger partial charge in [-0.1, -0.05) is 12.1 Å². The van der Waals surface area contributed by atoms with Crippen molar-refractivity contribution >= 4 is 17.8 Å². The van der Waals surface area contributed by atoms with E-state index in [4.69, 9.17) is 5.11 Å². The molecule has 1 aliphatic rings. The molecule has 25 heavy (non-hydrogen) atoms. The van der Waals surface area contributed by atoms with Gasteiger partial charge >= 0.3 is 5.97 Å². The number of carboxylic acid groups (broad SMARTS) is 1. The predicted molar refractivity (Wildman–Crippen MR) is 94.4 cm³/mol. The normalized spacial score (nSPS) is 21.3. The van der Waals surface area contributed by atoms with Crippen LogP contribution in [0.2, 0.25) is 0 Å². The van der Waals surface area contributed by atoms with E-state index in [1.165, 1.54) is 10.5 Å². The molecule has 1 saturated heterocycles. The minimum Gasteiger partial charge on any atom is -0.481 e. The van der Waals surface area contributed by atoms with Crippen molar-refractivity contribution in [3.05, 3.63) is 34.4 Å². The van der Waals surface area contributed by atoms with Crippen LogP contribution in [0.25, 0.3) is 0 Å². The van der Waals surface area contributed by atoms with Crippen LogP contribution in [0.3, 0.4) is 0 Å². The van der Waals surface area contributed by atoms with Crippen molar-refractivity contribution in [1.82, 2.24) is 10.2 Å². The Bertz CT molecular complexity index is 714. The summed E-state index contributed by atoms with van der Waals surface area (Å²) >= 11 is 0. The molecule has 0 radical (unpaired) electrons. The van der Waals surface area contributed by atoms with Crippen molar-refractivity contribution in [3.63, 3.8) is 0 Å². The summed E-state index contributed by atoms with van der Waals surface area (Å²) in [6.45, 7) is 7.73. The molecule has 1 aliphatic heterocycles. The molecule has 0 saturated carbocycles. The zero-order chi connectivity index (χ0) is 18.9. The van der Waals surface area contributed by atoms with Crippen molar-refractivity contribution in [2.45, 2.75) is 58.5 Å². The number of rotatable bonds is 5. The molecule has 6 heteroatoms. The van der Waals surface area contributed by atoms with Gasteiger partial charge in [0.15, 0.2) is 0 Å². The van der Waals surface area contributed by atoms with Crippen LogP contribution in [-0.4, -0.2) is 46.9 Å². The lowest BCUT2D eigenvalue weighted by molar-refractivity contribution is -0.138. The summed E-state index contributed by atoms with van der Waals surface area (Å²) in [6.07, 6.45) is 0.264. The van der Waals surface area contributed by atoms with E-state index in [1.54, 1.807) is 14.0 Å². The molecular formula is C19H26N2O4. The Balaban J connectivity index is 2.18. The smallest absolute Gasteiger partial charge is 0.305 e. The minimum absolute atomic E-state index is 0.0719. The number of carbonyl (C=O) groups is 3. The molecular weight excluding hydrogens is 320 g/mol. The number of likely N-dealkylation sites (N-methyl/N-ethyl adjacent to an activating group) is 1. The molecule has 6 nitrogen and oxygen atoms in total. The van der Waals surface area contributed by atoms with Crippen molar-refractivity contribution in [3.8, 4) is 0 Å². The van der Waals surface area contributed by atoms with Gasteiger partial charge < -0.3 is 15.3 Å². The minimum atomic E-state index is -0.965. The number of hydrogen-bond acceptors (Lipinski definition) is 3. The fourth-order valence-electron chi connectivity index (χ4n) is 3.43. The van der Waals surface area contributed by atoms with Gasteiger partial charge in [-0.05, 0) is 56.4 Å². The third-order valence-electron chi connectivity index (χ3n) is 5.22. The number of hydrogen-bond donors (Lipinski definition) is 2. The monoisotopic (exact) mass is 346 g/mol. The summed E-state index contributed by atoms with van der Waals surface area (Å²) in [5, 5.41) is 11.5. The zero-order valence-electron chi connectivity index (χ0n) is 15.4. The fourth-order valence-corrected chi connectivity index (χ4v) is 3.43. The quantitative estimate of drug-likeness (QED) is 0.853. The average Bonchev–Trinajstić information content (AvgIpc) is 2.80. The van der Waals surface area contributed by atoms with Gasteiger partial charge in [0.25, 0.3) is 0 Å². The summed E-state index contributed by atoms with van der Waals surface area (Å²) in [7, 11) is 1.63. The molecule has 0 aromatic heterocycles. The van der Waals surface area contributed by atoms with E-state index >= 15 is 0 Å². The molecule has 0 aliphatic carbocycles. The third-order valence-corrected chi connectivity index (χ3v) is 5.22. The summed E-state index contributed by atoms with van der Waals surface area (Å²) in [5.41, 5.74) is 4.40. The molecule has 3 unspecified atom stereocenters. The summed E-state index contributed by atoms with van der Waals surface area (Å²) in [4.78, 5) is 37.4. The Kier molecular flexibility index (Phi) is 5.50. The number of aliphatic carboxylic acids is 1. The Morgan fingerprint density at radius 1 is 1.28 bits per heavy atom. The number of nitrogens with zero attached hydrogens (tertiary/aromatic N) is 1. The summed E-state index contributed by atoms with van der Waals surface area (Å²) < 4.78 is 0. The third kappa shape index (κ3) is 3.83. The van der Waals surface area contributed by atoms with Gasteiger partial charge in [0.1, 0.15) is 6.04 Å². The van der Waals surface area contributed by atoms with E-state index in [1.807, 2.05) is 32.9 Å². The Hall–Kier alpha value is -2.37. The first-order chi connectivity index (χ1) is 11.6. The average molecular weight is 346 g/mol. The van der Waals surface area contributed by atoms with Gasteiger partial charge in [-0.3, -0.25) is 14.4 Å². The fraction of sp³-hybridized carbons (Fsp3) is 0.526. The second-order valence-corrected chi connectivity index (χ2v) is 6.98. The van der Waals surface area contributed by atoms with Gasteiger partial charge in [-0.25, -0.2) is 0 Å². The van der Waals surface area contributed by atoms with Crippen molar-refractivity contribution in [2.24, 2.45) is 0 Å². The Labute approximate surface area is 148 Å². The molecule has 2 amide bonds. The van der Waals surface area contributed by atoms with E-state index in [0.717, 1.165) is 16.7 Å². The number of carboxylic acids is 1.